The van der Waals surface area contributed by atoms with Crippen molar-refractivity contribution in [3.8, 4) is 0 Å². The fourth-order valence-corrected chi connectivity index (χ4v) is 4.42. The van der Waals surface area contributed by atoms with Crippen LogP contribution in [0.15, 0.2) is 47.2 Å². The zero-order chi connectivity index (χ0) is 23.2. The van der Waals surface area contributed by atoms with Gasteiger partial charge < -0.3 is 15.5 Å². The van der Waals surface area contributed by atoms with Crippen LogP contribution in [0.1, 0.15) is 40.1 Å². The van der Waals surface area contributed by atoms with Gasteiger partial charge in [0.1, 0.15) is 5.82 Å². The first-order valence-electron chi connectivity index (χ1n) is 10.6. The van der Waals surface area contributed by atoms with E-state index in [1.54, 1.807) is 36.7 Å². The Morgan fingerprint density at radius 2 is 1.85 bits per heavy atom. The molecule has 0 radical (unpaired) electrons. The number of hydrogen-bond donors (Lipinski definition) is 3. The van der Waals surface area contributed by atoms with Crippen LogP contribution in [-0.2, 0) is 0 Å². The lowest BCUT2D eigenvalue weighted by Gasteiger charge is -2.31. The van der Waals surface area contributed by atoms with Crippen molar-refractivity contribution in [3.05, 3.63) is 63.5 Å². The molecule has 33 heavy (non-hydrogen) atoms. The van der Waals surface area contributed by atoms with Gasteiger partial charge in [-0.2, -0.15) is 5.10 Å². The molecule has 11 heteroatoms. The van der Waals surface area contributed by atoms with E-state index in [0.717, 1.165) is 38.3 Å². The molecular formula is C22H23BrClN7O2. The molecule has 1 aliphatic heterocycles. The number of nitrogens with one attached hydrogen (secondary N) is 3. The maximum Gasteiger partial charge on any atom is 0.273 e. The highest BCUT2D eigenvalue weighted by molar-refractivity contribution is 9.10. The van der Waals surface area contributed by atoms with E-state index in [4.69, 9.17) is 11.6 Å². The van der Waals surface area contributed by atoms with Crippen LogP contribution in [-0.4, -0.2) is 51.6 Å². The number of aromatic nitrogens is 4. The molecule has 0 spiro atoms. The highest BCUT2D eigenvalue weighted by Crippen LogP contribution is 2.26. The third-order valence-electron chi connectivity index (χ3n) is 5.57. The first-order chi connectivity index (χ1) is 16.0. The number of H-pyrrole nitrogens is 1. The Labute approximate surface area is 204 Å². The molecule has 1 saturated heterocycles. The molecular weight excluding hydrogens is 510 g/mol. The number of piperidine rings is 1. The van der Waals surface area contributed by atoms with Gasteiger partial charge in [0, 0.05) is 32.0 Å². The molecule has 1 aliphatic rings. The molecule has 9 nitrogen and oxygen atoms in total. The average Bonchev–Trinajstić information content (AvgIpc) is 3.20. The number of rotatable bonds is 7. The summed E-state index contributed by atoms with van der Waals surface area (Å²) >= 11 is 9.42. The number of benzene rings is 1. The van der Waals surface area contributed by atoms with Crippen LogP contribution in [0, 0.1) is 5.92 Å². The minimum Gasteiger partial charge on any atom is -0.351 e. The highest BCUT2D eigenvalue weighted by atomic mass is 79.9. The fraction of sp³-hybridized carbons (Fsp3) is 0.318. The molecule has 1 aromatic carbocycles. The number of aromatic amines is 1. The third-order valence-corrected chi connectivity index (χ3v) is 6.67. The molecule has 4 rings (SSSR count). The van der Waals surface area contributed by atoms with E-state index in [2.05, 4.69) is 51.6 Å². The third kappa shape index (κ3) is 5.69. The standard InChI is InChI=1S/C22H23BrClN7O2/c23-17-18(29-30-19(17)28-20(32)15-4-1-2-5-16(15)24)21(33)25-11-6-14-7-12-31(13-8-14)22-26-9-3-10-27-22/h1-5,9-10,14H,6-8,11-13H2,(H,25,33)(H2,28,29,30,32). The second kappa shape index (κ2) is 10.8. The van der Waals surface area contributed by atoms with Crippen LogP contribution in [0.25, 0.3) is 0 Å². The number of amides is 2. The van der Waals surface area contributed by atoms with Crippen molar-refractivity contribution in [2.75, 3.05) is 29.9 Å². The summed E-state index contributed by atoms with van der Waals surface area (Å²) in [5, 5.41) is 12.7. The Morgan fingerprint density at radius 1 is 1.12 bits per heavy atom. The molecule has 3 N–H and O–H groups in total. The monoisotopic (exact) mass is 531 g/mol. The second-order valence-electron chi connectivity index (χ2n) is 7.72. The lowest BCUT2D eigenvalue weighted by Crippen LogP contribution is -2.36. The summed E-state index contributed by atoms with van der Waals surface area (Å²) in [6.45, 7) is 2.36. The van der Waals surface area contributed by atoms with Gasteiger partial charge in [0.05, 0.1) is 15.1 Å². The van der Waals surface area contributed by atoms with Crippen molar-refractivity contribution in [3.63, 3.8) is 0 Å². The van der Waals surface area contributed by atoms with Gasteiger partial charge in [-0.05, 0) is 59.3 Å². The van der Waals surface area contributed by atoms with Crippen molar-refractivity contribution in [2.24, 2.45) is 5.92 Å². The zero-order valence-corrected chi connectivity index (χ0v) is 20.1. The Bertz CT molecular complexity index is 1120. The first-order valence-corrected chi connectivity index (χ1v) is 11.8. The van der Waals surface area contributed by atoms with E-state index >= 15 is 0 Å². The molecule has 0 aliphatic carbocycles. The van der Waals surface area contributed by atoms with Crippen LogP contribution >= 0.6 is 27.5 Å². The van der Waals surface area contributed by atoms with Gasteiger partial charge >= 0.3 is 0 Å². The van der Waals surface area contributed by atoms with Gasteiger partial charge in [0.25, 0.3) is 11.8 Å². The summed E-state index contributed by atoms with van der Waals surface area (Å²) in [6.07, 6.45) is 6.44. The summed E-state index contributed by atoms with van der Waals surface area (Å²) in [5.74, 6) is 0.875. The summed E-state index contributed by atoms with van der Waals surface area (Å²) < 4.78 is 0.386. The van der Waals surface area contributed by atoms with Gasteiger partial charge in [-0.3, -0.25) is 14.7 Å². The molecule has 3 aromatic rings. The van der Waals surface area contributed by atoms with Crippen molar-refractivity contribution >= 4 is 51.1 Å². The lowest BCUT2D eigenvalue weighted by molar-refractivity contribution is 0.0944. The Kier molecular flexibility index (Phi) is 7.56. The summed E-state index contributed by atoms with van der Waals surface area (Å²) in [4.78, 5) is 35.8. The van der Waals surface area contributed by atoms with Crippen molar-refractivity contribution in [1.29, 1.82) is 0 Å². The predicted molar refractivity (Wildman–Crippen MR) is 130 cm³/mol. The summed E-state index contributed by atoms with van der Waals surface area (Å²) in [6, 6.07) is 8.53. The van der Waals surface area contributed by atoms with Crippen LogP contribution < -0.4 is 15.5 Å². The number of carbonyl (C=O) groups excluding carboxylic acids is 2. The quantitative estimate of drug-likeness (QED) is 0.425. The minimum atomic E-state index is -0.399. The summed E-state index contributed by atoms with van der Waals surface area (Å²) in [7, 11) is 0. The van der Waals surface area contributed by atoms with Gasteiger partial charge in [-0.15, -0.1) is 0 Å². The van der Waals surface area contributed by atoms with Gasteiger partial charge in [-0.1, -0.05) is 23.7 Å². The predicted octanol–water partition coefficient (Wildman–Crippen LogP) is 3.90. The first kappa shape index (κ1) is 23.2. The van der Waals surface area contributed by atoms with E-state index < -0.39 is 5.91 Å². The van der Waals surface area contributed by atoms with Crippen molar-refractivity contribution in [1.82, 2.24) is 25.5 Å². The molecule has 2 amide bonds. The molecule has 1 fully saturated rings. The Balaban J connectivity index is 1.25. The van der Waals surface area contributed by atoms with Gasteiger partial charge in [-0.25, -0.2) is 9.97 Å². The Hall–Kier alpha value is -2.98. The fourth-order valence-electron chi connectivity index (χ4n) is 3.74. The number of halogens is 2. The van der Waals surface area contributed by atoms with Gasteiger partial charge in [0.15, 0.2) is 5.69 Å². The van der Waals surface area contributed by atoms with E-state index in [0.29, 0.717) is 33.3 Å². The maximum atomic E-state index is 12.6. The Morgan fingerprint density at radius 3 is 2.58 bits per heavy atom. The van der Waals surface area contributed by atoms with Gasteiger partial charge in [0.2, 0.25) is 5.95 Å². The molecule has 2 aromatic heterocycles. The molecule has 0 unspecified atom stereocenters. The van der Waals surface area contributed by atoms with Crippen LogP contribution in [0.5, 0.6) is 0 Å². The normalized spacial score (nSPS) is 14.2. The number of carbonyl (C=O) groups is 2. The lowest BCUT2D eigenvalue weighted by atomic mass is 9.94. The smallest absolute Gasteiger partial charge is 0.273 e. The van der Waals surface area contributed by atoms with Crippen molar-refractivity contribution < 1.29 is 9.59 Å². The second-order valence-corrected chi connectivity index (χ2v) is 8.92. The summed E-state index contributed by atoms with van der Waals surface area (Å²) in [5.41, 5.74) is 0.511. The van der Waals surface area contributed by atoms with E-state index in [-0.39, 0.29) is 11.6 Å². The molecule has 0 saturated carbocycles. The topological polar surface area (TPSA) is 116 Å². The average molecular weight is 533 g/mol. The van der Waals surface area contributed by atoms with Crippen molar-refractivity contribution in [2.45, 2.75) is 19.3 Å². The maximum absolute atomic E-state index is 12.6. The van der Waals surface area contributed by atoms with E-state index in [1.165, 1.54) is 0 Å². The largest absolute Gasteiger partial charge is 0.351 e. The van der Waals surface area contributed by atoms with E-state index in [9.17, 15) is 9.59 Å². The molecule has 172 valence electrons. The van der Waals surface area contributed by atoms with E-state index in [1.807, 2.05) is 6.07 Å². The molecule has 0 bridgehead atoms. The molecule has 0 atom stereocenters. The minimum absolute atomic E-state index is 0.181. The number of anilines is 2. The van der Waals surface area contributed by atoms with Crippen LogP contribution in [0.4, 0.5) is 11.8 Å². The molecule has 3 heterocycles. The van der Waals surface area contributed by atoms with Crippen LogP contribution in [0.2, 0.25) is 5.02 Å². The highest BCUT2D eigenvalue weighted by Gasteiger charge is 2.23. The number of hydrogen-bond acceptors (Lipinski definition) is 6. The zero-order valence-electron chi connectivity index (χ0n) is 17.7. The number of nitrogens with zero attached hydrogens (tertiary/aromatic N) is 4. The van der Waals surface area contributed by atoms with Crippen LogP contribution in [0.3, 0.4) is 0 Å². The SMILES string of the molecule is O=C(Nc1[nH]nc(C(=O)NCCC2CCN(c3ncccn3)CC2)c1Br)c1ccccc1Cl.